The second-order valence-corrected chi connectivity index (χ2v) is 7.33. The number of hydrogen-bond acceptors (Lipinski definition) is 6. The monoisotopic (exact) mass is 364 g/mol. The number of aliphatic carboxylic acids is 1. The number of carboxylic acids is 1. The predicted octanol–water partition coefficient (Wildman–Crippen LogP) is 2.81. The number of ether oxygens (including phenoxy) is 2. The van der Waals surface area contributed by atoms with E-state index in [2.05, 4.69) is 0 Å². The van der Waals surface area contributed by atoms with Crippen LogP contribution in [0.5, 0.6) is 11.5 Å². The molecule has 26 heavy (non-hydrogen) atoms. The highest BCUT2D eigenvalue weighted by Crippen LogP contribution is 2.43. The van der Waals surface area contributed by atoms with E-state index in [1.165, 1.54) is 14.0 Å². The molecule has 0 radical (unpaired) electrons. The maximum absolute atomic E-state index is 11.4. The number of esters is 1. The molecule has 0 bridgehead atoms. The Morgan fingerprint density at radius 1 is 1.15 bits per heavy atom. The van der Waals surface area contributed by atoms with Gasteiger partial charge in [0.25, 0.3) is 0 Å². The van der Waals surface area contributed by atoms with E-state index in [9.17, 15) is 14.7 Å². The third kappa shape index (κ3) is 4.19. The SMILES string of the molecule is COc1cc(C(CC(=O)O)B2OC(C)(C)C(C)(C)O2)ccc1OC(C)=O. The van der Waals surface area contributed by atoms with E-state index >= 15 is 0 Å². The van der Waals surface area contributed by atoms with Gasteiger partial charge in [-0.1, -0.05) is 6.07 Å². The molecule has 1 N–H and O–H groups in total. The summed E-state index contributed by atoms with van der Waals surface area (Å²) in [5.74, 6) is -1.37. The summed E-state index contributed by atoms with van der Waals surface area (Å²) < 4.78 is 22.5. The van der Waals surface area contributed by atoms with Crippen molar-refractivity contribution in [1.29, 1.82) is 0 Å². The molecule has 1 aromatic carbocycles. The largest absolute Gasteiger partial charge is 0.493 e. The van der Waals surface area contributed by atoms with Crippen molar-refractivity contribution in [3.8, 4) is 11.5 Å². The van der Waals surface area contributed by atoms with Crippen molar-refractivity contribution in [3.05, 3.63) is 23.8 Å². The molecule has 1 saturated heterocycles. The number of rotatable bonds is 6. The van der Waals surface area contributed by atoms with Gasteiger partial charge in [-0.2, -0.15) is 0 Å². The van der Waals surface area contributed by atoms with Crippen LogP contribution in [0, 0.1) is 0 Å². The minimum absolute atomic E-state index is 0.174. The Morgan fingerprint density at radius 2 is 1.73 bits per heavy atom. The van der Waals surface area contributed by atoms with Gasteiger partial charge in [0.15, 0.2) is 11.5 Å². The third-order valence-electron chi connectivity index (χ3n) is 4.86. The molecule has 0 amide bonds. The van der Waals surface area contributed by atoms with Gasteiger partial charge in [-0.15, -0.1) is 0 Å². The molecule has 1 aromatic rings. The lowest BCUT2D eigenvalue weighted by atomic mass is 9.66. The van der Waals surface area contributed by atoms with Crippen LogP contribution in [0.2, 0.25) is 0 Å². The summed E-state index contributed by atoms with van der Waals surface area (Å²) in [7, 11) is 0.730. The van der Waals surface area contributed by atoms with Gasteiger partial charge in [0.2, 0.25) is 0 Å². The van der Waals surface area contributed by atoms with E-state index in [1.807, 2.05) is 27.7 Å². The van der Waals surface area contributed by atoms with Gasteiger partial charge in [0, 0.05) is 12.7 Å². The minimum Gasteiger partial charge on any atom is -0.493 e. The molecule has 1 aliphatic rings. The zero-order valence-corrected chi connectivity index (χ0v) is 16.0. The van der Waals surface area contributed by atoms with Gasteiger partial charge in [-0.3, -0.25) is 9.59 Å². The van der Waals surface area contributed by atoms with Crippen molar-refractivity contribution in [3.63, 3.8) is 0 Å². The smallest absolute Gasteiger partial charge is 0.466 e. The fourth-order valence-electron chi connectivity index (χ4n) is 2.77. The van der Waals surface area contributed by atoms with Crippen molar-refractivity contribution in [2.75, 3.05) is 7.11 Å². The quantitative estimate of drug-likeness (QED) is 0.471. The highest BCUT2D eigenvalue weighted by Gasteiger charge is 2.54. The van der Waals surface area contributed by atoms with Gasteiger partial charge in [-0.05, 0) is 45.4 Å². The van der Waals surface area contributed by atoms with E-state index in [4.69, 9.17) is 18.8 Å². The van der Waals surface area contributed by atoms with Crippen molar-refractivity contribution in [1.82, 2.24) is 0 Å². The maximum Gasteiger partial charge on any atom is 0.466 e. The molecule has 8 heteroatoms. The van der Waals surface area contributed by atoms with E-state index < -0.39 is 36.1 Å². The molecule has 1 aliphatic heterocycles. The fraction of sp³-hybridized carbons (Fsp3) is 0.556. The molecule has 1 atom stereocenters. The Balaban J connectivity index is 2.39. The molecular formula is C18H25BO7. The summed E-state index contributed by atoms with van der Waals surface area (Å²) in [4.78, 5) is 22.6. The second kappa shape index (κ2) is 7.29. The second-order valence-electron chi connectivity index (χ2n) is 7.33. The summed E-state index contributed by atoms with van der Waals surface area (Å²) in [5, 5.41) is 9.35. The summed E-state index contributed by atoms with van der Waals surface area (Å²) in [6.45, 7) is 8.94. The Kier molecular flexibility index (Phi) is 5.68. The van der Waals surface area contributed by atoms with Gasteiger partial charge in [-0.25, -0.2) is 0 Å². The molecule has 2 rings (SSSR count). The number of carbonyl (C=O) groups is 2. The molecular weight excluding hydrogens is 339 g/mol. The van der Waals surface area contributed by atoms with Gasteiger partial charge >= 0.3 is 19.1 Å². The highest BCUT2D eigenvalue weighted by atomic mass is 16.7. The topological polar surface area (TPSA) is 91.3 Å². The van der Waals surface area contributed by atoms with Crippen LogP contribution < -0.4 is 9.47 Å². The van der Waals surface area contributed by atoms with Crippen LogP contribution in [0.4, 0.5) is 0 Å². The molecule has 142 valence electrons. The van der Waals surface area contributed by atoms with Gasteiger partial charge in [0.1, 0.15) is 0 Å². The Morgan fingerprint density at radius 3 is 2.19 bits per heavy atom. The van der Waals surface area contributed by atoms with Crippen LogP contribution in [0.3, 0.4) is 0 Å². The summed E-state index contributed by atoms with van der Waals surface area (Å²) in [6, 6.07) is 4.92. The summed E-state index contributed by atoms with van der Waals surface area (Å²) in [5.41, 5.74) is -0.481. The van der Waals surface area contributed by atoms with Gasteiger partial charge in [0.05, 0.1) is 24.7 Å². The number of hydrogen-bond donors (Lipinski definition) is 1. The predicted molar refractivity (Wildman–Crippen MR) is 95.4 cm³/mol. The zero-order chi connectivity index (χ0) is 19.7. The lowest BCUT2D eigenvalue weighted by Crippen LogP contribution is -2.41. The highest BCUT2D eigenvalue weighted by molar-refractivity contribution is 6.48. The first kappa shape index (κ1) is 20.3. The van der Waals surface area contributed by atoms with Crippen molar-refractivity contribution in [2.45, 2.75) is 58.1 Å². The average molecular weight is 364 g/mol. The minimum atomic E-state index is -0.965. The fourth-order valence-corrected chi connectivity index (χ4v) is 2.77. The molecule has 0 aromatic heterocycles. The molecule has 7 nitrogen and oxygen atoms in total. The van der Waals surface area contributed by atoms with Crippen molar-refractivity contribution < 1.29 is 33.5 Å². The third-order valence-corrected chi connectivity index (χ3v) is 4.86. The number of benzene rings is 1. The summed E-state index contributed by atoms with van der Waals surface area (Å²) >= 11 is 0. The molecule has 0 saturated carbocycles. The van der Waals surface area contributed by atoms with Gasteiger partial charge < -0.3 is 23.9 Å². The average Bonchev–Trinajstić information content (AvgIpc) is 2.72. The van der Waals surface area contributed by atoms with Crippen LogP contribution in [-0.4, -0.2) is 42.5 Å². The van der Waals surface area contributed by atoms with E-state index in [-0.39, 0.29) is 12.2 Å². The lowest BCUT2D eigenvalue weighted by Gasteiger charge is -2.32. The molecule has 0 spiro atoms. The Hall–Kier alpha value is -2.06. The van der Waals surface area contributed by atoms with Crippen LogP contribution >= 0.6 is 0 Å². The normalized spacial score (nSPS) is 19.1. The maximum atomic E-state index is 11.4. The number of carbonyl (C=O) groups excluding carboxylic acids is 1. The zero-order valence-electron chi connectivity index (χ0n) is 16.0. The lowest BCUT2D eigenvalue weighted by molar-refractivity contribution is -0.137. The van der Waals surface area contributed by atoms with E-state index in [1.54, 1.807) is 18.2 Å². The molecule has 0 aliphatic carbocycles. The first-order valence-corrected chi connectivity index (χ1v) is 8.40. The van der Waals surface area contributed by atoms with Crippen LogP contribution in [0.15, 0.2) is 18.2 Å². The van der Waals surface area contributed by atoms with Crippen LogP contribution in [0.25, 0.3) is 0 Å². The number of carboxylic acid groups (broad SMARTS) is 1. The molecule has 1 fully saturated rings. The first-order valence-electron chi connectivity index (χ1n) is 8.40. The Labute approximate surface area is 153 Å². The molecule has 1 heterocycles. The standard InChI is InChI=1S/C18H25BO7/c1-11(20)24-14-8-7-12(9-15(14)23-6)13(10-16(21)22)19-25-17(2,3)18(4,5)26-19/h7-9,13H,10H2,1-6H3,(H,21,22). The Bertz CT molecular complexity index is 683. The van der Waals surface area contributed by atoms with Crippen LogP contribution in [-0.2, 0) is 18.9 Å². The van der Waals surface area contributed by atoms with Crippen molar-refractivity contribution in [2.24, 2.45) is 0 Å². The van der Waals surface area contributed by atoms with Crippen LogP contribution in [0.1, 0.15) is 52.4 Å². The molecule has 1 unspecified atom stereocenters. The van der Waals surface area contributed by atoms with E-state index in [0.717, 1.165) is 0 Å². The first-order chi connectivity index (χ1) is 12.0. The summed E-state index contributed by atoms with van der Waals surface area (Å²) in [6.07, 6.45) is -0.174. The van der Waals surface area contributed by atoms with Crippen molar-refractivity contribution >= 4 is 19.1 Å². The number of methoxy groups -OCH3 is 1. The van der Waals surface area contributed by atoms with E-state index in [0.29, 0.717) is 11.3 Å².